The molecule has 2 heterocycles. The van der Waals surface area contributed by atoms with Gasteiger partial charge in [-0.1, -0.05) is 45.7 Å². The summed E-state index contributed by atoms with van der Waals surface area (Å²) in [6.45, 7) is 6.67. The van der Waals surface area contributed by atoms with Crippen molar-refractivity contribution in [2.75, 3.05) is 29.5 Å². The van der Waals surface area contributed by atoms with Crippen molar-refractivity contribution in [1.29, 1.82) is 5.26 Å². The molecule has 0 bridgehead atoms. The van der Waals surface area contributed by atoms with Gasteiger partial charge in [-0.05, 0) is 54.7 Å². The van der Waals surface area contributed by atoms with E-state index in [9.17, 15) is 22.9 Å². The lowest BCUT2D eigenvalue weighted by Gasteiger charge is -2.32. The molecule has 1 aliphatic heterocycles. The van der Waals surface area contributed by atoms with Gasteiger partial charge in [-0.3, -0.25) is 4.79 Å². The molecular weight excluding hydrogens is 555 g/mol. The number of hydrogen-bond acceptors (Lipinski definition) is 7. The number of amides is 1. The molecule has 3 atom stereocenters. The first-order chi connectivity index (χ1) is 19.9. The number of carbonyl (C=O) groups excluding carboxylic acids is 1. The summed E-state index contributed by atoms with van der Waals surface area (Å²) < 4.78 is 43.9. The van der Waals surface area contributed by atoms with E-state index < -0.39 is 21.3 Å². The van der Waals surface area contributed by atoms with Crippen LogP contribution in [0.5, 0.6) is 0 Å². The second-order valence-corrected chi connectivity index (χ2v) is 14.7. The maximum Gasteiger partial charge on any atom is 0.226 e. The molecule has 0 radical (unpaired) electrons. The Morgan fingerprint density at radius 2 is 1.67 bits per heavy atom. The molecule has 5 rings (SSSR count). The van der Waals surface area contributed by atoms with Crippen LogP contribution in [0.3, 0.4) is 0 Å². The number of hydrogen-bond donors (Lipinski definition) is 1. The van der Waals surface area contributed by atoms with Crippen LogP contribution in [0.2, 0.25) is 0 Å². The van der Waals surface area contributed by atoms with Crippen LogP contribution in [0, 0.1) is 28.5 Å². The number of aromatic nitrogens is 1. The summed E-state index contributed by atoms with van der Waals surface area (Å²) in [5.41, 5.74) is 2.58. The number of nitrogens with one attached hydrogen (secondary N) is 1. The molecule has 2 aliphatic rings. The maximum atomic E-state index is 13.7. The smallest absolute Gasteiger partial charge is 0.226 e. The number of oxazole rings is 1. The number of rotatable bonds is 6. The molecule has 222 valence electrons. The van der Waals surface area contributed by atoms with Gasteiger partial charge >= 0.3 is 0 Å². The fourth-order valence-corrected chi connectivity index (χ4v) is 6.96. The highest BCUT2D eigenvalue weighted by Gasteiger charge is 2.39. The van der Waals surface area contributed by atoms with Crippen LogP contribution in [0.1, 0.15) is 58.1 Å². The fourth-order valence-electron chi connectivity index (χ4n) is 5.76. The Labute approximate surface area is 246 Å². The lowest BCUT2D eigenvalue weighted by molar-refractivity contribution is -0.127. The van der Waals surface area contributed by atoms with Crippen LogP contribution in [0.4, 0.5) is 10.1 Å². The summed E-state index contributed by atoms with van der Waals surface area (Å²) in [5.74, 6) is 0.0619. The second-order valence-electron chi connectivity index (χ2n) is 12.4. The molecule has 1 amide bonds. The van der Waals surface area contributed by atoms with Gasteiger partial charge in [0, 0.05) is 41.7 Å². The van der Waals surface area contributed by atoms with Crippen molar-refractivity contribution in [2.45, 2.75) is 58.4 Å². The van der Waals surface area contributed by atoms with Crippen molar-refractivity contribution in [1.82, 2.24) is 10.3 Å². The number of carbonyl (C=O) groups is 1. The van der Waals surface area contributed by atoms with Crippen molar-refractivity contribution in [3.8, 4) is 28.8 Å². The zero-order chi connectivity index (χ0) is 30.1. The highest BCUT2D eigenvalue weighted by Crippen LogP contribution is 2.44. The molecule has 1 saturated heterocycles. The predicted molar refractivity (Wildman–Crippen MR) is 160 cm³/mol. The second kappa shape index (κ2) is 11.9. The minimum atomic E-state index is -2.99. The van der Waals surface area contributed by atoms with E-state index in [1.54, 1.807) is 12.1 Å². The van der Waals surface area contributed by atoms with E-state index in [-0.39, 0.29) is 35.1 Å². The van der Waals surface area contributed by atoms with Gasteiger partial charge in [0.05, 0.1) is 17.6 Å². The largest absolute Gasteiger partial charge is 0.440 e. The van der Waals surface area contributed by atoms with Crippen molar-refractivity contribution < 1.29 is 22.0 Å². The van der Waals surface area contributed by atoms with Gasteiger partial charge in [0.1, 0.15) is 23.3 Å². The summed E-state index contributed by atoms with van der Waals surface area (Å²) in [6, 6.07) is 15.4. The van der Waals surface area contributed by atoms with E-state index >= 15 is 0 Å². The SMILES string of the molecule is CC(C)(C)C(C#N)NC(=O)C1CCCCC1c1oc(-c2ccc(F)cc2)nc1-c1ccc(N2CCS(=O)(=O)CC2)cc1. The van der Waals surface area contributed by atoms with Crippen LogP contribution in [0.25, 0.3) is 22.7 Å². The monoisotopic (exact) mass is 592 g/mol. The molecule has 3 unspecified atom stereocenters. The van der Waals surface area contributed by atoms with E-state index in [2.05, 4.69) is 16.3 Å². The lowest BCUT2D eigenvalue weighted by atomic mass is 9.76. The van der Waals surface area contributed by atoms with Crippen LogP contribution >= 0.6 is 0 Å². The summed E-state index contributed by atoms with van der Waals surface area (Å²) in [5, 5.41) is 12.7. The van der Waals surface area contributed by atoms with Crippen LogP contribution < -0.4 is 10.2 Å². The van der Waals surface area contributed by atoms with Gasteiger partial charge in [-0.2, -0.15) is 5.26 Å². The number of anilines is 1. The highest BCUT2D eigenvalue weighted by atomic mass is 32.2. The zero-order valence-corrected chi connectivity index (χ0v) is 25.1. The van der Waals surface area contributed by atoms with Crippen molar-refractivity contribution in [2.24, 2.45) is 11.3 Å². The molecule has 1 aliphatic carbocycles. The molecule has 3 aromatic rings. The summed E-state index contributed by atoms with van der Waals surface area (Å²) in [6.07, 6.45) is 3.23. The number of nitriles is 1. The van der Waals surface area contributed by atoms with Gasteiger partial charge in [-0.25, -0.2) is 17.8 Å². The Morgan fingerprint density at radius 3 is 2.29 bits per heavy atom. The maximum absolute atomic E-state index is 13.7. The zero-order valence-electron chi connectivity index (χ0n) is 24.3. The number of sulfone groups is 1. The molecule has 1 N–H and O–H groups in total. The Bertz CT molecular complexity index is 1560. The predicted octanol–water partition coefficient (Wildman–Crippen LogP) is 5.71. The Balaban J connectivity index is 1.50. The third-order valence-corrected chi connectivity index (χ3v) is 9.93. The Morgan fingerprint density at radius 1 is 1.05 bits per heavy atom. The third-order valence-electron chi connectivity index (χ3n) is 8.32. The van der Waals surface area contributed by atoms with Gasteiger partial charge in [0.2, 0.25) is 11.8 Å². The van der Waals surface area contributed by atoms with Crippen molar-refractivity contribution in [3.63, 3.8) is 0 Å². The third kappa shape index (κ3) is 6.51. The minimum Gasteiger partial charge on any atom is -0.440 e. The first-order valence-corrected chi connectivity index (χ1v) is 16.3. The fraction of sp³-hybridized carbons (Fsp3) is 0.469. The Kier molecular flexibility index (Phi) is 8.42. The first-order valence-electron chi connectivity index (χ1n) is 14.5. The summed E-state index contributed by atoms with van der Waals surface area (Å²) >= 11 is 0. The standard InChI is InChI=1S/C32H37FN4O4S/c1-32(2,3)27(20-34)35-30(38)26-7-5-4-6-25(26)29-28(36-31(41-29)22-8-12-23(33)13-9-22)21-10-14-24(15-11-21)37-16-18-42(39,40)19-17-37/h8-15,25-27H,4-7,16-19H2,1-3H3,(H,35,38). The molecule has 0 spiro atoms. The molecule has 1 saturated carbocycles. The van der Waals surface area contributed by atoms with E-state index in [1.807, 2.05) is 45.0 Å². The van der Waals surface area contributed by atoms with Gasteiger partial charge in [0.25, 0.3) is 0 Å². The quantitative estimate of drug-likeness (QED) is 0.390. The molecule has 1 aromatic heterocycles. The first kappa shape index (κ1) is 29.8. The number of nitrogens with zero attached hydrogens (tertiary/aromatic N) is 3. The summed E-state index contributed by atoms with van der Waals surface area (Å²) in [7, 11) is -2.99. The number of halogens is 1. The average molecular weight is 593 g/mol. The molecule has 2 aromatic carbocycles. The van der Waals surface area contributed by atoms with Crippen molar-refractivity contribution in [3.05, 3.63) is 60.1 Å². The van der Waals surface area contributed by atoms with E-state index in [4.69, 9.17) is 9.40 Å². The van der Waals surface area contributed by atoms with E-state index in [1.165, 1.54) is 12.1 Å². The topological polar surface area (TPSA) is 116 Å². The molecule has 8 nitrogen and oxygen atoms in total. The van der Waals surface area contributed by atoms with Gasteiger partial charge in [-0.15, -0.1) is 0 Å². The van der Waals surface area contributed by atoms with E-state index in [0.717, 1.165) is 30.5 Å². The molecular formula is C32H37FN4O4S. The van der Waals surface area contributed by atoms with Crippen LogP contribution in [-0.2, 0) is 14.6 Å². The summed E-state index contributed by atoms with van der Waals surface area (Å²) in [4.78, 5) is 20.5. The minimum absolute atomic E-state index is 0.135. The van der Waals surface area contributed by atoms with Crippen LogP contribution in [-0.4, -0.2) is 49.9 Å². The molecule has 10 heteroatoms. The number of benzene rings is 2. The molecule has 42 heavy (non-hydrogen) atoms. The molecule has 2 fully saturated rings. The highest BCUT2D eigenvalue weighted by molar-refractivity contribution is 7.91. The Hall–Kier alpha value is -3.71. The van der Waals surface area contributed by atoms with Crippen molar-refractivity contribution >= 4 is 21.4 Å². The van der Waals surface area contributed by atoms with Gasteiger partial charge in [0.15, 0.2) is 9.84 Å². The normalized spacial score (nSPS) is 21.4. The lowest BCUT2D eigenvalue weighted by Crippen LogP contribution is -2.46. The van der Waals surface area contributed by atoms with Gasteiger partial charge < -0.3 is 14.6 Å². The van der Waals surface area contributed by atoms with E-state index in [0.29, 0.717) is 42.4 Å². The average Bonchev–Trinajstić information content (AvgIpc) is 3.41. The van der Waals surface area contributed by atoms with Crippen LogP contribution in [0.15, 0.2) is 52.9 Å².